The molecule has 4 nitrogen and oxygen atoms in total. The van der Waals surface area contributed by atoms with Crippen molar-refractivity contribution < 1.29 is 14.0 Å². The van der Waals surface area contributed by atoms with Crippen LogP contribution in [0.4, 0.5) is 4.39 Å². The molecular weight excluding hydrogens is 295 g/mol. The van der Waals surface area contributed by atoms with Crippen LogP contribution in [0, 0.1) is 12.7 Å². The molecule has 5 heteroatoms. The summed E-state index contributed by atoms with van der Waals surface area (Å²) in [6, 6.07) is 11.8. The molecule has 0 aliphatic heterocycles. The molecule has 0 radical (unpaired) electrons. The lowest BCUT2D eigenvalue weighted by molar-refractivity contribution is -0.119. The first-order valence-electron chi connectivity index (χ1n) is 7.32. The van der Waals surface area contributed by atoms with E-state index < -0.39 is 0 Å². The Hall–Kier alpha value is -2.69. The summed E-state index contributed by atoms with van der Waals surface area (Å²) in [4.78, 5) is 23.0. The number of benzene rings is 2. The minimum Gasteiger partial charge on any atom is -0.352 e. The highest BCUT2D eigenvalue weighted by atomic mass is 19.1. The van der Waals surface area contributed by atoms with E-state index in [0.29, 0.717) is 24.2 Å². The van der Waals surface area contributed by atoms with E-state index in [1.54, 1.807) is 43.3 Å². The third-order valence-electron chi connectivity index (χ3n) is 3.43. The summed E-state index contributed by atoms with van der Waals surface area (Å²) in [5, 5.41) is 5.50. The molecule has 0 unspecified atom stereocenters. The number of carbonyl (C=O) groups is 2. The number of nitrogens with one attached hydrogen (secondary N) is 2. The van der Waals surface area contributed by atoms with Crippen molar-refractivity contribution in [3.63, 3.8) is 0 Å². The van der Waals surface area contributed by atoms with Crippen molar-refractivity contribution in [1.82, 2.24) is 10.6 Å². The molecule has 23 heavy (non-hydrogen) atoms. The molecule has 0 bridgehead atoms. The molecule has 0 atom stereocenters. The smallest absolute Gasteiger partial charge is 0.251 e. The van der Waals surface area contributed by atoms with Crippen LogP contribution in [-0.4, -0.2) is 11.8 Å². The molecular formula is C18H19FN2O2. The number of hydrogen-bond acceptors (Lipinski definition) is 2. The summed E-state index contributed by atoms with van der Waals surface area (Å²) >= 11 is 0. The van der Waals surface area contributed by atoms with Gasteiger partial charge in [0.15, 0.2) is 0 Å². The maximum absolute atomic E-state index is 13.2. The van der Waals surface area contributed by atoms with Gasteiger partial charge in [0.1, 0.15) is 5.82 Å². The zero-order valence-electron chi connectivity index (χ0n) is 13.2. The summed E-state index contributed by atoms with van der Waals surface area (Å²) in [5.74, 6) is -0.547. The Balaban J connectivity index is 1.92. The molecule has 2 aromatic carbocycles. The molecule has 0 heterocycles. The van der Waals surface area contributed by atoms with Gasteiger partial charge in [0.05, 0.1) is 0 Å². The van der Waals surface area contributed by atoms with Crippen molar-refractivity contribution >= 4 is 11.8 Å². The van der Waals surface area contributed by atoms with Gasteiger partial charge in [-0.15, -0.1) is 0 Å². The Morgan fingerprint density at radius 2 is 1.57 bits per heavy atom. The van der Waals surface area contributed by atoms with Gasteiger partial charge in [-0.3, -0.25) is 9.59 Å². The molecule has 0 aliphatic rings. The molecule has 2 aromatic rings. The first-order valence-corrected chi connectivity index (χ1v) is 7.32. The van der Waals surface area contributed by atoms with Crippen molar-refractivity contribution in [2.75, 3.05) is 0 Å². The van der Waals surface area contributed by atoms with Crippen LogP contribution in [0.2, 0.25) is 0 Å². The Labute approximate surface area is 134 Å². The fraction of sp³-hybridized carbons (Fsp3) is 0.222. The maximum Gasteiger partial charge on any atom is 0.251 e. The molecule has 2 N–H and O–H groups in total. The van der Waals surface area contributed by atoms with Crippen LogP contribution >= 0.6 is 0 Å². The summed E-state index contributed by atoms with van der Waals surface area (Å²) in [6.07, 6.45) is 0. The van der Waals surface area contributed by atoms with Crippen molar-refractivity contribution in [1.29, 1.82) is 0 Å². The number of rotatable bonds is 5. The second kappa shape index (κ2) is 7.54. The molecule has 0 aliphatic carbocycles. The standard InChI is InChI=1S/C18H19FN2O2/c1-12-9-15(5-8-17(12)19)11-21-18(23)16-6-3-14(4-7-16)10-20-13(2)22/h3-9H,10-11H2,1-2H3,(H,20,22)(H,21,23). The number of halogens is 1. The van der Waals surface area contributed by atoms with E-state index in [9.17, 15) is 14.0 Å². The van der Waals surface area contributed by atoms with Gasteiger partial charge in [0, 0.05) is 25.6 Å². The molecule has 0 saturated heterocycles. The van der Waals surface area contributed by atoms with Crippen LogP contribution in [0.25, 0.3) is 0 Å². The Kier molecular flexibility index (Phi) is 5.46. The fourth-order valence-electron chi connectivity index (χ4n) is 2.10. The Morgan fingerprint density at radius 1 is 0.957 bits per heavy atom. The highest BCUT2D eigenvalue weighted by molar-refractivity contribution is 5.94. The van der Waals surface area contributed by atoms with Gasteiger partial charge in [0.2, 0.25) is 5.91 Å². The predicted molar refractivity (Wildman–Crippen MR) is 86.3 cm³/mol. The van der Waals surface area contributed by atoms with E-state index >= 15 is 0 Å². The lowest BCUT2D eigenvalue weighted by atomic mass is 10.1. The van der Waals surface area contributed by atoms with Gasteiger partial charge in [-0.25, -0.2) is 4.39 Å². The van der Waals surface area contributed by atoms with Gasteiger partial charge in [-0.1, -0.05) is 24.3 Å². The third kappa shape index (κ3) is 4.92. The van der Waals surface area contributed by atoms with E-state index in [2.05, 4.69) is 10.6 Å². The molecule has 120 valence electrons. The van der Waals surface area contributed by atoms with Crippen LogP contribution in [-0.2, 0) is 17.9 Å². The van der Waals surface area contributed by atoms with Gasteiger partial charge < -0.3 is 10.6 Å². The molecule has 2 amide bonds. The molecule has 2 rings (SSSR count). The molecule has 0 spiro atoms. The van der Waals surface area contributed by atoms with E-state index in [4.69, 9.17) is 0 Å². The average molecular weight is 314 g/mol. The van der Waals surface area contributed by atoms with Crippen LogP contribution in [0.1, 0.15) is 34.0 Å². The monoisotopic (exact) mass is 314 g/mol. The van der Waals surface area contributed by atoms with E-state index in [0.717, 1.165) is 11.1 Å². The van der Waals surface area contributed by atoms with E-state index in [-0.39, 0.29) is 17.6 Å². The van der Waals surface area contributed by atoms with Gasteiger partial charge in [-0.2, -0.15) is 0 Å². The molecule has 0 fully saturated rings. The predicted octanol–water partition coefficient (Wildman–Crippen LogP) is 2.70. The molecule has 0 aromatic heterocycles. The SMILES string of the molecule is CC(=O)NCc1ccc(C(=O)NCc2ccc(F)c(C)c2)cc1. The average Bonchev–Trinajstić information content (AvgIpc) is 2.54. The van der Waals surface area contributed by atoms with Crippen LogP contribution in [0.5, 0.6) is 0 Å². The van der Waals surface area contributed by atoms with Crippen LogP contribution < -0.4 is 10.6 Å². The summed E-state index contributed by atoms with van der Waals surface area (Å²) in [6.45, 7) is 3.92. The van der Waals surface area contributed by atoms with Gasteiger partial charge in [-0.05, 0) is 41.8 Å². The number of aryl methyl sites for hydroxylation is 1. The zero-order chi connectivity index (χ0) is 16.8. The van der Waals surface area contributed by atoms with E-state index in [1.165, 1.54) is 13.0 Å². The van der Waals surface area contributed by atoms with E-state index in [1.807, 2.05) is 0 Å². The Morgan fingerprint density at radius 3 is 2.17 bits per heavy atom. The zero-order valence-corrected chi connectivity index (χ0v) is 13.2. The maximum atomic E-state index is 13.2. The molecule has 0 saturated carbocycles. The third-order valence-corrected chi connectivity index (χ3v) is 3.43. The second-order valence-corrected chi connectivity index (χ2v) is 5.37. The minimum absolute atomic E-state index is 0.0959. The topological polar surface area (TPSA) is 58.2 Å². The lowest BCUT2D eigenvalue weighted by Crippen LogP contribution is -2.23. The number of hydrogen-bond donors (Lipinski definition) is 2. The van der Waals surface area contributed by atoms with Crippen molar-refractivity contribution in [2.24, 2.45) is 0 Å². The van der Waals surface area contributed by atoms with Crippen LogP contribution in [0.15, 0.2) is 42.5 Å². The van der Waals surface area contributed by atoms with Gasteiger partial charge >= 0.3 is 0 Å². The Bertz CT molecular complexity index is 711. The van der Waals surface area contributed by atoms with Crippen LogP contribution in [0.3, 0.4) is 0 Å². The quantitative estimate of drug-likeness (QED) is 0.891. The van der Waals surface area contributed by atoms with Crippen molar-refractivity contribution in [2.45, 2.75) is 26.9 Å². The lowest BCUT2D eigenvalue weighted by Gasteiger charge is -2.08. The van der Waals surface area contributed by atoms with Gasteiger partial charge in [0.25, 0.3) is 5.91 Å². The summed E-state index contributed by atoms with van der Waals surface area (Å²) < 4.78 is 13.2. The largest absolute Gasteiger partial charge is 0.352 e. The number of carbonyl (C=O) groups excluding carboxylic acids is 2. The number of amides is 2. The first kappa shape index (κ1) is 16.7. The minimum atomic E-state index is -0.255. The normalized spacial score (nSPS) is 10.2. The fourth-order valence-corrected chi connectivity index (χ4v) is 2.10. The second-order valence-electron chi connectivity index (χ2n) is 5.37. The summed E-state index contributed by atoms with van der Waals surface area (Å²) in [7, 11) is 0. The highest BCUT2D eigenvalue weighted by Crippen LogP contribution is 2.10. The first-order chi connectivity index (χ1) is 11.0. The van der Waals surface area contributed by atoms with Crippen molar-refractivity contribution in [3.05, 3.63) is 70.5 Å². The highest BCUT2D eigenvalue weighted by Gasteiger charge is 2.06. The summed E-state index contributed by atoms with van der Waals surface area (Å²) in [5.41, 5.74) is 2.86. The van der Waals surface area contributed by atoms with Crippen molar-refractivity contribution in [3.8, 4) is 0 Å².